The number of phenols is 1. The molecule has 1 aromatic heterocycles. The van der Waals surface area contributed by atoms with Crippen molar-refractivity contribution in [3.8, 4) is 11.8 Å². The number of likely N-dealkylation sites (tertiary alicyclic amines) is 1. The van der Waals surface area contributed by atoms with Crippen molar-refractivity contribution in [2.45, 2.75) is 63.2 Å². The predicted octanol–water partition coefficient (Wildman–Crippen LogP) is 3.70. The molecule has 2 aromatic carbocycles. The van der Waals surface area contributed by atoms with E-state index in [4.69, 9.17) is 14.7 Å². The second-order valence-electron chi connectivity index (χ2n) is 12.0. The first-order valence-electron chi connectivity index (χ1n) is 14.2. The molecule has 0 saturated carbocycles. The minimum Gasteiger partial charge on any atom is -0.508 e. The van der Waals surface area contributed by atoms with E-state index in [1.165, 1.54) is 24.8 Å². The first kappa shape index (κ1) is 24.0. The molecule has 4 aliphatic rings. The van der Waals surface area contributed by atoms with Gasteiger partial charge in [-0.15, -0.1) is 0 Å². The molecule has 8 heteroatoms. The van der Waals surface area contributed by atoms with E-state index in [2.05, 4.69) is 52.2 Å². The summed E-state index contributed by atoms with van der Waals surface area (Å²) in [6.07, 6.45) is 5.66. The zero-order chi connectivity index (χ0) is 25.9. The number of aromatic hydroxyl groups is 1. The second-order valence-corrected chi connectivity index (χ2v) is 12.0. The number of likely N-dealkylation sites (N-methyl/N-ethyl adjacent to an activating group) is 1. The number of ether oxygens (including phenoxy) is 1. The van der Waals surface area contributed by atoms with Crippen LogP contribution in [0.25, 0.3) is 10.8 Å². The second kappa shape index (κ2) is 9.27. The van der Waals surface area contributed by atoms with Crippen LogP contribution in [0.2, 0.25) is 0 Å². The number of fused-ring (bicyclic) bond motifs is 4. The van der Waals surface area contributed by atoms with Gasteiger partial charge < -0.3 is 29.9 Å². The van der Waals surface area contributed by atoms with Gasteiger partial charge in [0.1, 0.15) is 18.2 Å². The Kier molecular flexibility index (Phi) is 5.85. The molecule has 38 heavy (non-hydrogen) atoms. The molecule has 3 fully saturated rings. The van der Waals surface area contributed by atoms with E-state index in [-0.39, 0.29) is 5.54 Å². The van der Waals surface area contributed by atoms with Gasteiger partial charge in [0.15, 0.2) is 0 Å². The lowest BCUT2D eigenvalue weighted by molar-refractivity contribution is 0.187. The van der Waals surface area contributed by atoms with Crippen LogP contribution in [0.15, 0.2) is 36.4 Å². The van der Waals surface area contributed by atoms with Gasteiger partial charge in [0.05, 0.1) is 12.2 Å². The predicted molar refractivity (Wildman–Crippen MR) is 150 cm³/mol. The molecular weight excluding hydrogens is 476 g/mol. The Hall–Kier alpha value is -3.10. The number of aromatic nitrogens is 2. The van der Waals surface area contributed by atoms with Crippen LogP contribution in [-0.2, 0) is 13.0 Å². The highest BCUT2D eigenvalue weighted by molar-refractivity contribution is 5.95. The van der Waals surface area contributed by atoms with E-state index in [9.17, 15) is 5.11 Å². The fraction of sp³-hybridized carbons (Fsp3) is 0.533. The number of phenolic OH excluding ortho intramolecular Hbond substituents is 1. The van der Waals surface area contributed by atoms with E-state index < -0.39 is 0 Å². The van der Waals surface area contributed by atoms with Crippen LogP contribution < -0.4 is 19.9 Å². The molecule has 0 radical (unpaired) electrons. The largest absolute Gasteiger partial charge is 0.508 e. The van der Waals surface area contributed by atoms with E-state index >= 15 is 0 Å². The standard InChI is InChI=1S/C30H38N6O2/c1-30-11-9-21(33-30)16-36(19-30)28-25-10-13-35(27-15-23(37)14-20-6-3-4-8-24(20)27)17-26(25)31-29(32-28)38-18-22-7-5-12-34(22)2/h3-4,6,8,14-15,21-22,33,37H,5,7,9-13,16-19H2,1-2H3/t21?,22-,30?/m0/s1. The first-order chi connectivity index (χ1) is 18.4. The van der Waals surface area contributed by atoms with Crippen molar-refractivity contribution in [2.75, 3.05) is 49.6 Å². The molecule has 0 spiro atoms. The number of hydrogen-bond acceptors (Lipinski definition) is 8. The SMILES string of the molecule is CN1CCC[C@H]1COc1nc2c(c(N3CC4CCC(C)(C3)N4)n1)CCN(c1cc(O)cc3ccccc13)C2. The Morgan fingerprint density at radius 3 is 2.87 bits per heavy atom. The molecule has 7 rings (SSSR count). The lowest BCUT2D eigenvalue weighted by Gasteiger charge is -2.41. The molecule has 2 bridgehead atoms. The normalized spacial score (nSPS) is 27.2. The highest BCUT2D eigenvalue weighted by atomic mass is 16.5. The minimum absolute atomic E-state index is 0.134. The van der Waals surface area contributed by atoms with Crippen molar-refractivity contribution in [1.82, 2.24) is 20.2 Å². The Labute approximate surface area is 224 Å². The number of benzene rings is 2. The fourth-order valence-electron chi connectivity index (χ4n) is 7.12. The number of anilines is 2. The summed E-state index contributed by atoms with van der Waals surface area (Å²) >= 11 is 0. The summed E-state index contributed by atoms with van der Waals surface area (Å²) in [5.74, 6) is 1.35. The van der Waals surface area contributed by atoms with Gasteiger partial charge in [-0.05, 0) is 64.1 Å². The van der Waals surface area contributed by atoms with Gasteiger partial charge in [0, 0.05) is 60.0 Å². The fourth-order valence-corrected chi connectivity index (χ4v) is 7.12. The Morgan fingerprint density at radius 2 is 2.03 bits per heavy atom. The highest BCUT2D eigenvalue weighted by Crippen LogP contribution is 2.38. The van der Waals surface area contributed by atoms with Gasteiger partial charge >= 0.3 is 6.01 Å². The Morgan fingerprint density at radius 1 is 1.13 bits per heavy atom. The van der Waals surface area contributed by atoms with Crippen LogP contribution in [0, 0.1) is 0 Å². The summed E-state index contributed by atoms with van der Waals surface area (Å²) in [7, 11) is 2.18. The van der Waals surface area contributed by atoms with Crippen LogP contribution in [-0.4, -0.2) is 77.4 Å². The summed E-state index contributed by atoms with van der Waals surface area (Å²) in [5, 5.41) is 16.5. The van der Waals surface area contributed by atoms with Crippen molar-refractivity contribution in [1.29, 1.82) is 0 Å². The molecule has 200 valence electrons. The molecule has 3 aromatic rings. The van der Waals surface area contributed by atoms with Crippen LogP contribution >= 0.6 is 0 Å². The first-order valence-corrected chi connectivity index (χ1v) is 14.2. The van der Waals surface area contributed by atoms with E-state index in [1.54, 1.807) is 0 Å². The molecule has 3 atom stereocenters. The van der Waals surface area contributed by atoms with Crippen molar-refractivity contribution >= 4 is 22.3 Å². The minimum atomic E-state index is 0.134. The van der Waals surface area contributed by atoms with Crippen LogP contribution in [0.3, 0.4) is 0 Å². The summed E-state index contributed by atoms with van der Waals surface area (Å²) in [6, 6.07) is 13.4. The van der Waals surface area contributed by atoms with E-state index in [0.29, 0.717) is 37.0 Å². The van der Waals surface area contributed by atoms with E-state index in [1.807, 2.05) is 18.2 Å². The third-order valence-electron chi connectivity index (χ3n) is 9.14. The number of nitrogens with one attached hydrogen (secondary N) is 1. The summed E-state index contributed by atoms with van der Waals surface area (Å²) < 4.78 is 6.32. The van der Waals surface area contributed by atoms with Crippen molar-refractivity contribution < 1.29 is 9.84 Å². The molecule has 2 unspecified atom stereocenters. The maximum Gasteiger partial charge on any atom is 0.318 e. The number of nitrogens with zero attached hydrogens (tertiary/aromatic N) is 5. The number of rotatable bonds is 5. The average molecular weight is 515 g/mol. The highest BCUT2D eigenvalue weighted by Gasteiger charge is 2.42. The van der Waals surface area contributed by atoms with Gasteiger partial charge in [-0.2, -0.15) is 9.97 Å². The summed E-state index contributed by atoms with van der Waals surface area (Å²) in [6.45, 7) is 7.55. The molecule has 4 aliphatic heterocycles. The Bertz CT molecular complexity index is 1360. The monoisotopic (exact) mass is 514 g/mol. The molecule has 2 N–H and O–H groups in total. The molecule has 0 aliphatic carbocycles. The molecule has 5 heterocycles. The summed E-state index contributed by atoms with van der Waals surface area (Å²) in [5.41, 5.74) is 3.48. The lowest BCUT2D eigenvalue weighted by atomic mass is 9.98. The van der Waals surface area contributed by atoms with Crippen LogP contribution in [0.4, 0.5) is 11.5 Å². The Balaban J connectivity index is 1.24. The van der Waals surface area contributed by atoms with Crippen molar-refractivity contribution in [3.05, 3.63) is 47.7 Å². The molecular formula is C30H38N6O2. The maximum atomic E-state index is 10.5. The van der Waals surface area contributed by atoms with Gasteiger partial charge in [0.2, 0.25) is 0 Å². The number of hydrogen-bond donors (Lipinski definition) is 2. The third kappa shape index (κ3) is 4.33. The molecule has 3 saturated heterocycles. The maximum absolute atomic E-state index is 10.5. The van der Waals surface area contributed by atoms with Crippen LogP contribution in [0.1, 0.15) is 43.9 Å². The third-order valence-corrected chi connectivity index (χ3v) is 9.14. The quantitative estimate of drug-likeness (QED) is 0.534. The molecule has 0 amide bonds. The molecule has 8 nitrogen and oxygen atoms in total. The van der Waals surface area contributed by atoms with Gasteiger partial charge in [-0.1, -0.05) is 24.3 Å². The summed E-state index contributed by atoms with van der Waals surface area (Å²) in [4.78, 5) is 17.3. The smallest absolute Gasteiger partial charge is 0.318 e. The van der Waals surface area contributed by atoms with Gasteiger partial charge in [0.25, 0.3) is 0 Å². The van der Waals surface area contributed by atoms with Crippen molar-refractivity contribution in [2.24, 2.45) is 0 Å². The zero-order valence-electron chi connectivity index (χ0n) is 22.5. The van der Waals surface area contributed by atoms with Gasteiger partial charge in [-0.3, -0.25) is 0 Å². The zero-order valence-corrected chi connectivity index (χ0v) is 22.5. The average Bonchev–Trinajstić information content (AvgIpc) is 3.45. The van der Waals surface area contributed by atoms with Gasteiger partial charge in [-0.25, -0.2) is 0 Å². The topological polar surface area (TPSA) is 77.0 Å². The lowest BCUT2D eigenvalue weighted by Crippen LogP contribution is -2.58. The van der Waals surface area contributed by atoms with Crippen LogP contribution in [0.5, 0.6) is 11.8 Å². The number of piperazine rings is 1. The van der Waals surface area contributed by atoms with Crippen molar-refractivity contribution in [3.63, 3.8) is 0 Å². The van der Waals surface area contributed by atoms with E-state index in [0.717, 1.165) is 67.0 Å².